The van der Waals surface area contributed by atoms with Crippen LogP contribution in [-0.2, 0) is 16.0 Å². The molecule has 1 aliphatic heterocycles. The minimum atomic E-state index is -0.854. The van der Waals surface area contributed by atoms with Gasteiger partial charge in [-0.25, -0.2) is 4.79 Å². The number of carbonyl (C=O) groups excluding carboxylic acids is 2. The highest BCUT2D eigenvalue weighted by atomic mass is 35.5. The molecule has 2 atom stereocenters. The molecule has 160 valence electrons. The lowest BCUT2D eigenvalue weighted by molar-refractivity contribution is -0.130. The Bertz CT molecular complexity index is 1310. The molecule has 6 heteroatoms. The fraction of sp³-hybridized carbons (Fsp3) is 0.154. The number of hydrogen-bond acceptors (Lipinski definition) is 3. The van der Waals surface area contributed by atoms with E-state index >= 15 is 0 Å². The molecule has 0 fully saturated rings. The lowest BCUT2D eigenvalue weighted by atomic mass is 9.90. The number of ether oxygens (including phenoxy) is 1. The van der Waals surface area contributed by atoms with Crippen LogP contribution in [0.15, 0.2) is 79.0 Å². The quantitative estimate of drug-likeness (QED) is 0.432. The summed E-state index contributed by atoms with van der Waals surface area (Å²) in [4.78, 5) is 28.6. The van der Waals surface area contributed by atoms with Gasteiger partial charge in [-0.2, -0.15) is 0 Å². The maximum Gasteiger partial charge on any atom is 0.339 e. The standard InChI is InChI=1S/C26H21ClN2O3/c27-22-11-5-3-9-18(22)20(21-14-28-23-12-6-4-10-19(21)23)15-29-25(30)24-13-16-7-1-2-8-17(16)26(31)32-24/h1-12,14,20,24,28H,13,15H2,(H,29,30). The van der Waals surface area contributed by atoms with Gasteiger partial charge < -0.3 is 15.0 Å². The first-order valence-electron chi connectivity index (χ1n) is 10.5. The van der Waals surface area contributed by atoms with Crippen LogP contribution in [0.3, 0.4) is 0 Å². The highest BCUT2D eigenvalue weighted by Gasteiger charge is 2.31. The zero-order valence-electron chi connectivity index (χ0n) is 17.2. The van der Waals surface area contributed by atoms with Crippen LogP contribution in [0.25, 0.3) is 10.9 Å². The van der Waals surface area contributed by atoms with Gasteiger partial charge in [-0.1, -0.05) is 66.2 Å². The highest BCUT2D eigenvalue weighted by Crippen LogP contribution is 2.34. The van der Waals surface area contributed by atoms with Gasteiger partial charge >= 0.3 is 5.97 Å². The Kier molecular flexibility index (Phi) is 5.41. The Morgan fingerprint density at radius 2 is 1.78 bits per heavy atom. The molecule has 32 heavy (non-hydrogen) atoms. The van der Waals surface area contributed by atoms with Crippen molar-refractivity contribution in [2.24, 2.45) is 0 Å². The van der Waals surface area contributed by atoms with Gasteiger partial charge in [0.25, 0.3) is 5.91 Å². The molecule has 5 rings (SSSR count). The van der Waals surface area contributed by atoms with Gasteiger partial charge in [0.15, 0.2) is 6.10 Å². The minimum absolute atomic E-state index is 0.171. The first-order valence-corrected chi connectivity index (χ1v) is 10.9. The van der Waals surface area contributed by atoms with Crippen molar-refractivity contribution in [3.8, 4) is 0 Å². The van der Waals surface area contributed by atoms with E-state index in [9.17, 15) is 9.59 Å². The molecule has 0 bridgehead atoms. The van der Waals surface area contributed by atoms with Crippen LogP contribution in [0, 0.1) is 0 Å². The van der Waals surface area contributed by atoms with Gasteiger partial charge in [0.05, 0.1) is 5.56 Å². The molecule has 3 aromatic carbocycles. The highest BCUT2D eigenvalue weighted by molar-refractivity contribution is 6.31. The molecule has 0 aliphatic carbocycles. The van der Waals surface area contributed by atoms with Crippen LogP contribution >= 0.6 is 11.6 Å². The molecule has 5 nitrogen and oxygen atoms in total. The number of hydrogen-bond donors (Lipinski definition) is 2. The summed E-state index contributed by atoms with van der Waals surface area (Å²) in [7, 11) is 0. The number of fused-ring (bicyclic) bond motifs is 2. The average Bonchev–Trinajstić information content (AvgIpc) is 3.24. The van der Waals surface area contributed by atoms with E-state index in [0.29, 0.717) is 23.6 Å². The van der Waals surface area contributed by atoms with Gasteiger partial charge in [-0.05, 0) is 34.9 Å². The van der Waals surface area contributed by atoms with Crippen molar-refractivity contribution in [3.63, 3.8) is 0 Å². The van der Waals surface area contributed by atoms with Crippen LogP contribution in [0.5, 0.6) is 0 Å². The van der Waals surface area contributed by atoms with Crippen molar-refractivity contribution >= 4 is 34.4 Å². The van der Waals surface area contributed by atoms with E-state index in [2.05, 4.69) is 10.3 Å². The summed E-state index contributed by atoms with van der Waals surface area (Å²) in [6, 6.07) is 22.9. The summed E-state index contributed by atoms with van der Waals surface area (Å²) in [6.45, 7) is 0.320. The fourth-order valence-corrected chi connectivity index (χ4v) is 4.59. The molecule has 1 amide bonds. The van der Waals surface area contributed by atoms with Crippen molar-refractivity contribution in [1.29, 1.82) is 0 Å². The summed E-state index contributed by atoms with van der Waals surface area (Å²) in [5.41, 5.74) is 4.32. The number of amides is 1. The Hall–Kier alpha value is -3.57. The van der Waals surface area contributed by atoms with Crippen molar-refractivity contribution in [1.82, 2.24) is 10.3 Å². The summed E-state index contributed by atoms with van der Waals surface area (Å²) in [5, 5.41) is 4.70. The van der Waals surface area contributed by atoms with E-state index in [1.54, 1.807) is 12.1 Å². The van der Waals surface area contributed by atoms with E-state index in [1.165, 1.54) is 0 Å². The second-order valence-corrected chi connectivity index (χ2v) is 8.27. The lowest BCUT2D eigenvalue weighted by Gasteiger charge is -2.25. The fourth-order valence-electron chi connectivity index (χ4n) is 4.32. The molecule has 0 spiro atoms. The third kappa shape index (κ3) is 3.76. The van der Waals surface area contributed by atoms with Crippen molar-refractivity contribution in [3.05, 3.63) is 106 Å². The smallest absolute Gasteiger partial charge is 0.339 e. The number of halogens is 1. The number of para-hydroxylation sites is 1. The van der Waals surface area contributed by atoms with E-state index in [1.807, 2.05) is 66.9 Å². The summed E-state index contributed by atoms with van der Waals surface area (Å²) in [5.74, 6) is -0.952. The van der Waals surface area contributed by atoms with Crippen LogP contribution in [0.4, 0.5) is 0 Å². The third-order valence-electron chi connectivity index (χ3n) is 5.94. The molecule has 2 N–H and O–H groups in total. The van der Waals surface area contributed by atoms with Crippen LogP contribution in [0.2, 0.25) is 5.02 Å². The number of benzene rings is 3. The molecule has 1 aliphatic rings. The number of H-pyrrole nitrogens is 1. The molecular weight excluding hydrogens is 424 g/mol. The molecule has 1 aromatic heterocycles. The SMILES string of the molecule is O=C1OC(C(=O)NCC(c2ccccc2Cl)c2c[nH]c3ccccc23)Cc2ccccc21. The van der Waals surface area contributed by atoms with E-state index < -0.39 is 12.1 Å². The van der Waals surface area contributed by atoms with E-state index in [-0.39, 0.29) is 11.8 Å². The number of carbonyl (C=O) groups is 2. The van der Waals surface area contributed by atoms with Gasteiger partial charge in [-0.15, -0.1) is 0 Å². The summed E-state index contributed by atoms with van der Waals surface area (Å²) in [6.07, 6.45) is 1.46. The molecular formula is C26H21ClN2O3. The normalized spacial score (nSPS) is 16.3. The molecule has 2 unspecified atom stereocenters. The minimum Gasteiger partial charge on any atom is -0.448 e. The zero-order chi connectivity index (χ0) is 22.1. The predicted molar refractivity (Wildman–Crippen MR) is 124 cm³/mol. The van der Waals surface area contributed by atoms with Crippen molar-refractivity contribution < 1.29 is 14.3 Å². The van der Waals surface area contributed by atoms with Crippen molar-refractivity contribution in [2.45, 2.75) is 18.4 Å². The van der Waals surface area contributed by atoms with Gasteiger partial charge in [0.1, 0.15) is 0 Å². The Morgan fingerprint density at radius 3 is 2.66 bits per heavy atom. The number of cyclic esters (lactones) is 1. The number of aromatic nitrogens is 1. The van der Waals surface area contributed by atoms with Gasteiger partial charge in [0.2, 0.25) is 0 Å². The first-order chi connectivity index (χ1) is 15.6. The largest absolute Gasteiger partial charge is 0.448 e. The lowest BCUT2D eigenvalue weighted by Crippen LogP contribution is -2.43. The summed E-state index contributed by atoms with van der Waals surface area (Å²) >= 11 is 6.53. The Balaban J connectivity index is 1.41. The molecule has 0 radical (unpaired) electrons. The number of nitrogens with one attached hydrogen (secondary N) is 2. The van der Waals surface area contributed by atoms with E-state index in [0.717, 1.165) is 27.6 Å². The average molecular weight is 445 g/mol. The Morgan fingerprint density at radius 1 is 1.03 bits per heavy atom. The van der Waals surface area contributed by atoms with Crippen LogP contribution in [0.1, 0.15) is 33.0 Å². The first kappa shape index (κ1) is 20.3. The summed E-state index contributed by atoms with van der Waals surface area (Å²) < 4.78 is 5.41. The van der Waals surface area contributed by atoms with Gasteiger partial charge in [0, 0.05) is 41.0 Å². The van der Waals surface area contributed by atoms with Crippen LogP contribution < -0.4 is 5.32 Å². The van der Waals surface area contributed by atoms with E-state index in [4.69, 9.17) is 16.3 Å². The number of rotatable bonds is 5. The molecule has 0 saturated heterocycles. The van der Waals surface area contributed by atoms with Gasteiger partial charge in [-0.3, -0.25) is 4.79 Å². The molecule has 2 heterocycles. The Labute approximate surface area is 190 Å². The topological polar surface area (TPSA) is 71.2 Å². The van der Waals surface area contributed by atoms with Crippen molar-refractivity contribution in [2.75, 3.05) is 6.54 Å². The number of esters is 1. The molecule has 4 aromatic rings. The van der Waals surface area contributed by atoms with Crippen LogP contribution in [-0.4, -0.2) is 29.5 Å². The molecule has 0 saturated carbocycles. The zero-order valence-corrected chi connectivity index (χ0v) is 17.9. The monoisotopic (exact) mass is 444 g/mol. The second kappa shape index (κ2) is 8.52. The maximum atomic E-state index is 13.0. The predicted octanol–water partition coefficient (Wildman–Crippen LogP) is 4.85. The maximum absolute atomic E-state index is 13.0. The number of aromatic amines is 1. The third-order valence-corrected chi connectivity index (χ3v) is 6.29. The second-order valence-electron chi connectivity index (χ2n) is 7.86.